The average molecular weight is 1100 g/mol. The number of fused-ring (bicyclic) bond motifs is 3. The summed E-state index contributed by atoms with van der Waals surface area (Å²) >= 11 is 0. The minimum Gasteiger partial charge on any atom is -0.462 e. The molecule has 2 N–H and O–H groups in total. The first kappa shape index (κ1) is 64.2. The SMILES string of the molecule is CNC1CCC(O[C@H]2/C=C/C=C/C[C@@H](C)OC(=O)C[C@H]3O[C@@H](O[Si](C)(C)C(C)(C)C)C[C@@H](C[C@H]2C)C(OC2OC(C)C(OC4CC(C)(O)C(O[Si](C)(C)C(C)(C)C)C(C)O4)C(N(C)C)C2OC(C)=O)[C@H]3OC)OC1C. The van der Waals surface area contributed by atoms with Gasteiger partial charge < -0.3 is 71.5 Å². The van der Waals surface area contributed by atoms with E-state index < -0.39 is 120 Å². The van der Waals surface area contributed by atoms with Crippen LogP contribution in [-0.4, -0.2) is 177 Å². The Morgan fingerprint density at radius 1 is 0.787 bits per heavy atom. The quantitative estimate of drug-likeness (QED) is 0.124. The van der Waals surface area contributed by atoms with Crippen LogP contribution in [0.25, 0.3) is 0 Å². The van der Waals surface area contributed by atoms with Crippen LogP contribution in [0.2, 0.25) is 36.3 Å². The Bertz CT molecular complexity index is 1890. The Labute approximate surface area is 453 Å². The molecule has 0 spiro atoms. The van der Waals surface area contributed by atoms with Gasteiger partial charge in [-0.3, -0.25) is 9.59 Å². The van der Waals surface area contributed by atoms with E-state index in [-0.39, 0.29) is 53.0 Å². The predicted octanol–water partition coefficient (Wildman–Crippen LogP) is 8.77. The number of cyclic esters (lactones) is 1. The highest BCUT2D eigenvalue weighted by Crippen LogP contribution is 2.45. The lowest BCUT2D eigenvalue weighted by molar-refractivity contribution is -0.343. The van der Waals surface area contributed by atoms with Crippen molar-refractivity contribution >= 4 is 28.6 Å². The second-order valence-electron chi connectivity index (χ2n) is 25.9. The molecule has 17 nitrogen and oxygen atoms in total. The van der Waals surface area contributed by atoms with E-state index in [4.69, 9.17) is 56.2 Å². The Balaban J connectivity index is 1.57. The van der Waals surface area contributed by atoms with Crippen LogP contribution in [0.3, 0.4) is 0 Å². The smallest absolute Gasteiger partial charge is 0.308 e. The largest absolute Gasteiger partial charge is 0.462 e. The third kappa shape index (κ3) is 16.7. The highest BCUT2D eigenvalue weighted by Gasteiger charge is 2.56. The second-order valence-corrected chi connectivity index (χ2v) is 35.4. The number of hydrogen-bond donors (Lipinski definition) is 2. The van der Waals surface area contributed by atoms with Crippen molar-refractivity contribution in [2.24, 2.45) is 11.8 Å². The molecule has 5 aliphatic rings. The third-order valence-electron chi connectivity index (χ3n) is 17.2. The van der Waals surface area contributed by atoms with Gasteiger partial charge in [-0.05, 0) is 123 Å². The maximum Gasteiger partial charge on any atom is 0.308 e. The van der Waals surface area contributed by atoms with E-state index in [1.807, 2.05) is 65.0 Å². The fraction of sp³-hybridized carbons (Fsp3) is 0.893. The van der Waals surface area contributed by atoms with Crippen molar-refractivity contribution in [1.82, 2.24) is 10.2 Å². The Hall–Kier alpha value is -1.67. The van der Waals surface area contributed by atoms with Gasteiger partial charge in [0.2, 0.25) is 0 Å². The zero-order valence-corrected chi connectivity index (χ0v) is 51.8. The molecule has 0 aliphatic carbocycles. The number of nitrogens with one attached hydrogen (secondary N) is 1. The first-order chi connectivity index (χ1) is 34.7. The van der Waals surface area contributed by atoms with Crippen molar-refractivity contribution in [3.05, 3.63) is 24.3 Å². The van der Waals surface area contributed by atoms with Gasteiger partial charge in [0, 0.05) is 39.3 Å². The molecule has 75 heavy (non-hydrogen) atoms. The van der Waals surface area contributed by atoms with Crippen molar-refractivity contribution in [1.29, 1.82) is 0 Å². The molecule has 0 radical (unpaired) electrons. The summed E-state index contributed by atoms with van der Waals surface area (Å²) < 4.78 is 81.0. The molecule has 0 aromatic rings. The monoisotopic (exact) mass is 1100 g/mol. The van der Waals surface area contributed by atoms with Gasteiger partial charge in [0.25, 0.3) is 0 Å². The molecule has 434 valence electrons. The van der Waals surface area contributed by atoms with E-state index in [2.05, 4.69) is 93.0 Å². The minimum absolute atomic E-state index is 0.0419. The summed E-state index contributed by atoms with van der Waals surface area (Å²) in [4.78, 5) is 29.3. The molecule has 4 saturated heterocycles. The van der Waals surface area contributed by atoms with Crippen LogP contribution in [-0.2, 0) is 65.8 Å². The number of nitrogens with zero attached hydrogens (tertiary/aromatic N) is 1. The number of esters is 2. The molecular formula is C56H102N2O15Si2. The highest BCUT2D eigenvalue weighted by molar-refractivity contribution is 6.74. The third-order valence-corrected chi connectivity index (χ3v) is 26.1. The van der Waals surface area contributed by atoms with Gasteiger partial charge in [-0.15, -0.1) is 0 Å². The Morgan fingerprint density at radius 2 is 1.43 bits per heavy atom. The molecule has 13 unspecified atom stereocenters. The zero-order valence-electron chi connectivity index (χ0n) is 49.8. The molecular weight excluding hydrogens is 997 g/mol. The van der Waals surface area contributed by atoms with Crippen molar-refractivity contribution in [2.75, 3.05) is 28.3 Å². The number of allylic oxidation sites excluding steroid dienone is 2. The van der Waals surface area contributed by atoms with Crippen molar-refractivity contribution < 1.29 is 70.9 Å². The number of carbonyl (C=O) groups excluding carboxylic acids is 2. The van der Waals surface area contributed by atoms with Crippen LogP contribution < -0.4 is 5.32 Å². The van der Waals surface area contributed by atoms with Gasteiger partial charge in [-0.2, -0.15) is 0 Å². The van der Waals surface area contributed by atoms with Crippen LogP contribution in [0.5, 0.6) is 0 Å². The number of hydrogen-bond acceptors (Lipinski definition) is 17. The molecule has 0 aromatic carbocycles. The van der Waals surface area contributed by atoms with E-state index in [0.717, 1.165) is 12.8 Å². The van der Waals surface area contributed by atoms with Crippen LogP contribution in [0.1, 0.15) is 135 Å². The molecule has 0 aromatic heterocycles. The van der Waals surface area contributed by atoms with E-state index in [9.17, 15) is 14.7 Å². The van der Waals surface area contributed by atoms with Gasteiger partial charge in [-0.1, -0.05) is 72.8 Å². The maximum absolute atomic E-state index is 14.0. The molecule has 0 saturated carbocycles. The van der Waals surface area contributed by atoms with Crippen LogP contribution >= 0.6 is 0 Å². The summed E-state index contributed by atoms with van der Waals surface area (Å²) in [6.45, 7) is 34.9. The molecule has 5 aliphatic heterocycles. The van der Waals surface area contributed by atoms with Gasteiger partial charge in [0.1, 0.15) is 24.6 Å². The number of aliphatic hydroxyl groups is 1. The predicted molar refractivity (Wildman–Crippen MR) is 293 cm³/mol. The standard InChI is InChI=1S/C56H102N2O15Si2/c1-33-29-39-30-45(72-74(18,19)54(7,8)9)69-42(31-43(60)63-34(2)25-23-22-24-26-41(33)68-44-28-27-40(57-14)35(3)64-44)50(62-17)49(39)71-53-51(67-38(6)59)47(58(15)16)48(36(4)66-53)70-46-32-56(13,61)52(37(5)65-46)73-75(20,21)55(10,11)12/h22-24,26,33-37,39-42,44-53,57,61H,25,27-32H2,1-21H3/b23-22+,26-24+/t33-,34-,35?,36?,37?,39-,40?,41+,42-,44?,45+,46?,47?,48?,49?,50+,51?,52?,53?,56?/m1/s1. The van der Waals surface area contributed by atoms with Gasteiger partial charge in [0.05, 0.1) is 60.8 Å². The number of carbonyl (C=O) groups is 2. The number of rotatable bonds is 14. The normalized spacial score (nSPS) is 41.2. The average Bonchev–Trinajstić information content (AvgIpc) is 3.38. The molecule has 2 bridgehead atoms. The molecule has 4 fully saturated rings. The lowest BCUT2D eigenvalue weighted by Gasteiger charge is -2.52. The van der Waals surface area contributed by atoms with Crippen LogP contribution in [0, 0.1) is 11.8 Å². The first-order valence-corrected chi connectivity index (χ1v) is 33.7. The fourth-order valence-corrected chi connectivity index (χ4v) is 13.5. The van der Waals surface area contributed by atoms with Gasteiger partial charge in [-0.25, -0.2) is 0 Å². The summed E-state index contributed by atoms with van der Waals surface area (Å²) in [6.07, 6.45) is 1.04. The number of ether oxygens (including phenoxy) is 10. The van der Waals surface area contributed by atoms with E-state index in [1.165, 1.54) is 6.92 Å². The van der Waals surface area contributed by atoms with Gasteiger partial charge >= 0.3 is 11.9 Å². The van der Waals surface area contributed by atoms with Crippen LogP contribution in [0.15, 0.2) is 24.3 Å². The van der Waals surface area contributed by atoms with E-state index in [0.29, 0.717) is 19.3 Å². The van der Waals surface area contributed by atoms with E-state index >= 15 is 0 Å². The molecule has 19 heteroatoms. The first-order valence-electron chi connectivity index (χ1n) is 27.9. The topological polar surface area (TPSA) is 180 Å². The molecule has 0 amide bonds. The second kappa shape index (κ2) is 26.3. The summed E-state index contributed by atoms with van der Waals surface area (Å²) in [5.74, 6) is -1.45. The van der Waals surface area contributed by atoms with Crippen molar-refractivity contribution in [3.8, 4) is 0 Å². The number of likely N-dealkylation sites (N-methyl/N-ethyl adjacent to an activating group) is 2. The lowest BCUT2D eigenvalue weighted by atomic mass is 9.82. The Morgan fingerprint density at radius 3 is 2.00 bits per heavy atom. The lowest BCUT2D eigenvalue weighted by Crippen LogP contribution is -2.67. The summed E-state index contributed by atoms with van der Waals surface area (Å²) in [5.41, 5.74) is -1.29. The molecule has 5 heterocycles. The van der Waals surface area contributed by atoms with Crippen molar-refractivity contribution in [3.63, 3.8) is 0 Å². The molecule has 5 rings (SSSR count). The summed E-state index contributed by atoms with van der Waals surface area (Å²) in [7, 11) is 2.56. The van der Waals surface area contributed by atoms with Crippen LogP contribution in [0.4, 0.5) is 0 Å². The van der Waals surface area contributed by atoms with Crippen molar-refractivity contribution in [2.45, 2.75) is 281 Å². The zero-order chi connectivity index (χ0) is 56.2. The van der Waals surface area contributed by atoms with E-state index in [1.54, 1.807) is 14.0 Å². The fourth-order valence-electron chi connectivity index (χ4n) is 10.9. The highest BCUT2D eigenvalue weighted by atomic mass is 28.4. The molecule has 20 atom stereocenters. The Kier molecular flexibility index (Phi) is 22.5. The van der Waals surface area contributed by atoms with Gasteiger partial charge in [0.15, 0.2) is 41.6 Å². The summed E-state index contributed by atoms with van der Waals surface area (Å²) in [6, 6.07) is -0.401. The summed E-state index contributed by atoms with van der Waals surface area (Å²) in [5, 5.41) is 15.2. The maximum atomic E-state index is 14.0. The number of methoxy groups -OCH3 is 1. The minimum atomic E-state index is -2.50.